The molecule has 178 valence electrons. The van der Waals surface area contributed by atoms with Crippen molar-refractivity contribution in [3.05, 3.63) is 78.5 Å². The van der Waals surface area contributed by atoms with Crippen molar-refractivity contribution in [2.45, 2.75) is 32.4 Å². The molecule has 0 bridgehead atoms. The number of nitrogens with zero attached hydrogens (tertiary/aromatic N) is 4. The number of pyridine rings is 1. The summed E-state index contributed by atoms with van der Waals surface area (Å²) >= 11 is 0. The summed E-state index contributed by atoms with van der Waals surface area (Å²) in [6.07, 6.45) is 6.01. The summed E-state index contributed by atoms with van der Waals surface area (Å²) in [5, 5.41) is 6.39. The van der Waals surface area contributed by atoms with Gasteiger partial charge in [-0.3, -0.25) is 14.8 Å². The van der Waals surface area contributed by atoms with E-state index < -0.39 is 5.82 Å². The Morgan fingerprint density at radius 1 is 1.09 bits per heavy atom. The van der Waals surface area contributed by atoms with Crippen molar-refractivity contribution < 1.29 is 9.18 Å². The number of carbonyl (C=O) groups excluding carboxylic acids is 1. The number of hydrogen-bond donors (Lipinski definition) is 2. The van der Waals surface area contributed by atoms with E-state index in [4.69, 9.17) is 4.98 Å². The molecule has 2 aromatic carbocycles. The molecule has 0 saturated carbocycles. The lowest BCUT2D eigenvalue weighted by atomic mass is 10.0. The number of amides is 1. The van der Waals surface area contributed by atoms with Crippen LogP contribution in [0, 0.1) is 5.82 Å². The maximum absolute atomic E-state index is 13.9. The summed E-state index contributed by atoms with van der Waals surface area (Å²) in [4.78, 5) is 28.3. The maximum Gasteiger partial charge on any atom is 0.254 e. The molecule has 1 atom stereocenters. The standard InChI is InChI=1S/C27H27FN6O/c1-17(2)32-20-13-22(26-24(14-20)29-10-11-30-26)18-7-8-25(31-15-18)34-12-9-19(16-34)33-27(35)21-5-3-4-6-23(21)28/h3-8,10-11,13-15,17,19,32H,9,12,16H2,1-2H3,(H,33,35)/t19-/m0/s1. The molecule has 7 nitrogen and oxygen atoms in total. The highest BCUT2D eigenvalue weighted by molar-refractivity contribution is 5.95. The second-order valence-electron chi connectivity index (χ2n) is 9.04. The predicted octanol–water partition coefficient (Wildman–Crippen LogP) is 4.66. The molecule has 0 aliphatic carbocycles. The molecule has 1 amide bonds. The molecular weight excluding hydrogens is 443 g/mol. The number of hydrogen-bond acceptors (Lipinski definition) is 6. The van der Waals surface area contributed by atoms with Crippen molar-refractivity contribution in [1.29, 1.82) is 0 Å². The van der Waals surface area contributed by atoms with Crippen LogP contribution in [0.4, 0.5) is 15.9 Å². The third-order valence-corrected chi connectivity index (χ3v) is 6.05. The lowest BCUT2D eigenvalue weighted by Gasteiger charge is -2.19. The van der Waals surface area contributed by atoms with Crippen LogP contribution in [0.25, 0.3) is 22.2 Å². The van der Waals surface area contributed by atoms with E-state index in [1.54, 1.807) is 24.5 Å². The molecule has 4 aromatic rings. The van der Waals surface area contributed by atoms with Crippen LogP contribution in [0.1, 0.15) is 30.6 Å². The average molecular weight is 471 g/mol. The first kappa shape index (κ1) is 22.7. The second kappa shape index (κ2) is 9.66. The lowest BCUT2D eigenvalue weighted by molar-refractivity contribution is 0.0936. The van der Waals surface area contributed by atoms with Crippen LogP contribution < -0.4 is 15.5 Å². The van der Waals surface area contributed by atoms with Crippen LogP contribution in [0.2, 0.25) is 0 Å². The first-order chi connectivity index (χ1) is 17.0. The molecule has 2 aromatic heterocycles. The number of fused-ring (bicyclic) bond motifs is 1. The zero-order valence-electron chi connectivity index (χ0n) is 19.7. The molecule has 1 aliphatic heterocycles. The number of halogens is 1. The Hall–Kier alpha value is -4.07. The molecule has 1 fully saturated rings. The molecule has 1 saturated heterocycles. The summed E-state index contributed by atoms with van der Waals surface area (Å²) in [7, 11) is 0. The van der Waals surface area contributed by atoms with Crippen molar-refractivity contribution in [3.63, 3.8) is 0 Å². The number of carbonyl (C=O) groups is 1. The Labute approximate surface area is 203 Å². The van der Waals surface area contributed by atoms with Crippen molar-refractivity contribution in [1.82, 2.24) is 20.3 Å². The minimum absolute atomic E-state index is 0.0675. The van der Waals surface area contributed by atoms with E-state index in [1.807, 2.05) is 24.4 Å². The van der Waals surface area contributed by atoms with E-state index in [-0.39, 0.29) is 17.5 Å². The molecule has 5 rings (SSSR count). The predicted molar refractivity (Wildman–Crippen MR) is 136 cm³/mol. The summed E-state index contributed by atoms with van der Waals surface area (Å²) < 4.78 is 13.9. The van der Waals surface area contributed by atoms with Crippen LogP contribution in [0.3, 0.4) is 0 Å². The molecule has 35 heavy (non-hydrogen) atoms. The zero-order valence-corrected chi connectivity index (χ0v) is 19.7. The molecule has 0 radical (unpaired) electrons. The van der Waals surface area contributed by atoms with Crippen molar-refractivity contribution in [2.75, 3.05) is 23.3 Å². The third-order valence-electron chi connectivity index (χ3n) is 6.05. The zero-order chi connectivity index (χ0) is 24.4. The van der Waals surface area contributed by atoms with E-state index in [0.29, 0.717) is 12.6 Å². The van der Waals surface area contributed by atoms with Gasteiger partial charge >= 0.3 is 0 Å². The van der Waals surface area contributed by atoms with Crippen LogP contribution >= 0.6 is 0 Å². The minimum Gasteiger partial charge on any atom is -0.383 e. The van der Waals surface area contributed by atoms with Gasteiger partial charge in [0.05, 0.1) is 16.6 Å². The Kier molecular flexibility index (Phi) is 6.27. The number of benzene rings is 2. The fourth-order valence-corrected chi connectivity index (χ4v) is 4.44. The Morgan fingerprint density at radius 3 is 2.69 bits per heavy atom. The fraction of sp³-hybridized carbons (Fsp3) is 0.259. The molecule has 8 heteroatoms. The Balaban J connectivity index is 1.32. The average Bonchev–Trinajstić information content (AvgIpc) is 3.32. The number of nitrogens with one attached hydrogen (secondary N) is 2. The van der Waals surface area contributed by atoms with Crippen LogP contribution in [-0.4, -0.2) is 46.0 Å². The number of rotatable bonds is 6. The Morgan fingerprint density at radius 2 is 1.91 bits per heavy atom. The van der Waals surface area contributed by atoms with E-state index in [1.165, 1.54) is 12.1 Å². The van der Waals surface area contributed by atoms with Gasteiger partial charge in [-0.1, -0.05) is 12.1 Å². The highest BCUT2D eigenvalue weighted by atomic mass is 19.1. The highest BCUT2D eigenvalue weighted by Crippen LogP contribution is 2.31. The normalized spacial score (nSPS) is 15.5. The highest BCUT2D eigenvalue weighted by Gasteiger charge is 2.26. The van der Waals surface area contributed by atoms with Gasteiger partial charge in [0.15, 0.2) is 0 Å². The van der Waals surface area contributed by atoms with E-state index in [2.05, 4.69) is 45.4 Å². The largest absolute Gasteiger partial charge is 0.383 e. The van der Waals surface area contributed by atoms with Gasteiger partial charge in [-0.05, 0) is 56.7 Å². The van der Waals surface area contributed by atoms with Gasteiger partial charge < -0.3 is 15.5 Å². The lowest BCUT2D eigenvalue weighted by Crippen LogP contribution is -2.37. The van der Waals surface area contributed by atoms with Gasteiger partial charge in [0.25, 0.3) is 5.91 Å². The van der Waals surface area contributed by atoms with Gasteiger partial charge in [-0.25, -0.2) is 9.37 Å². The maximum atomic E-state index is 13.9. The van der Waals surface area contributed by atoms with Crippen molar-refractivity contribution in [3.8, 4) is 11.1 Å². The first-order valence-electron chi connectivity index (χ1n) is 11.8. The minimum atomic E-state index is -0.512. The third kappa shape index (κ3) is 4.91. The van der Waals surface area contributed by atoms with Gasteiger partial charge in [-0.15, -0.1) is 0 Å². The summed E-state index contributed by atoms with van der Waals surface area (Å²) in [5.41, 5.74) is 4.63. The monoisotopic (exact) mass is 470 g/mol. The van der Waals surface area contributed by atoms with Crippen molar-refractivity contribution >= 4 is 28.4 Å². The number of aromatic nitrogens is 3. The van der Waals surface area contributed by atoms with Crippen molar-refractivity contribution in [2.24, 2.45) is 0 Å². The molecule has 3 heterocycles. The molecule has 1 aliphatic rings. The SMILES string of the molecule is CC(C)Nc1cc(-c2ccc(N3CC[C@H](NC(=O)c4ccccc4F)C3)nc2)c2nccnc2c1. The second-order valence-corrected chi connectivity index (χ2v) is 9.04. The van der Waals surface area contributed by atoms with Crippen LogP contribution in [0.5, 0.6) is 0 Å². The molecule has 0 unspecified atom stereocenters. The van der Waals surface area contributed by atoms with E-state index >= 15 is 0 Å². The smallest absolute Gasteiger partial charge is 0.254 e. The first-order valence-corrected chi connectivity index (χ1v) is 11.8. The van der Waals surface area contributed by atoms with Crippen LogP contribution in [0.15, 0.2) is 67.1 Å². The van der Waals surface area contributed by atoms with Gasteiger partial charge in [0.2, 0.25) is 0 Å². The molecule has 2 N–H and O–H groups in total. The molecular formula is C27H27FN6O. The van der Waals surface area contributed by atoms with Gasteiger partial charge in [-0.2, -0.15) is 0 Å². The topological polar surface area (TPSA) is 83.0 Å². The summed E-state index contributed by atoms with van der Waals surface area (Å²) in [6.45, 7) is 5.57. The van der Waals surface area contributed by atoms with Crippen LogP contribution in [-0.2, 0) is 0 Å². The molecule has 0 spiro atoms. The van der Waals surface area contributed by atoms with Gasteiger partial charge in [0.1, 0.15) is 11.6 Å². The van der Waals surface area contributed by atoms with E-state index in [0.717, 1.165) is 46.6 Å². The fourth-order valence-electron chi connectivity index (χ4n) is 4.44. The van der Waals surface area contributed by atoms with Gasteiger partial charge in [0, 0.05) is 60.6 Å². The quantitative estimate of drug-likeness (QED) is 0.427. The summed E-state index contributed by atoms with van der Waals surface area (Å²) in [5.74, 6) is -0.0636. The van der Waals surface area contributed by atoms with E-state index in [9.17, 15) is 9.18 Å². The Bertz CT molecular complexity index is 1360. The number of anilines is 2. The summed E-state index contributed by atoms with van der Waals surface area (Å²) in [6, 6.07) is 14.4.